The number of alkyl halides is 5. The largest absolute Gasteiger partial charge is 0.484 e. The van der Waals surface area contributed by atoms with Crippen LogP contribution in [0.4, 0.5) is 30.7 Å². The fraction of sp³-hybridized carbons (Fsp3) is 0.250. The smallest absolute Gasteiger partial charge is 0.422 e. The van der Waals surface area contributed by atoms with E-state index in [9.17, 15) is 27.1 Å². The molecule has 2 aromatic carbocycles. The van der Waals surface area contributed by atoms with Crippen LogP contribution in [0.25, 0.3) is 11.1 Å². The van der Waals surface area contributed by atoms with Crippen molar-refractivity contribution < 1.29 is 40.6 Å². The zero-order valence-electron chi connectivity index (χ0n) is 19.4. The summed E-state index contributed by atoms with van der Waals surface area (Å²) < 4.78 is 101. The SMILES string of the molecule is Cc1nnn(CC(O)(c2ccc(F)cc2F)C(F)(F)c2ccc(-c3ccc(OCC(F)(F)F)cc3)cn2)n1. The van der Waals surface area contributed by atoms with Crippen LogP contribution < -0.4 is 4.74 Å². The molecule has 1 N–H and O–H groups in total. The first-order valence-electron chi connectivity index (χ1n) is 10.9. The van der Waals surface area contributed by atoms with Crippen molar-refractivity contribution in [3.05, 3.63) is 89.5 Å². The maximum atomic E-state index is 15.9. The molecule has 0 radical (unpaired) electrons. The minimum atomic E-state index is -4.51. The van der Waals surface area contributed by atoms with Crippen LogP contribution >= 0.6 is 0 Å². The van der Waals surface area contributed by atoms with Crippen LogP contribution in [0.3, 0.4) is 0 Å². The molecular weight excluding hydrogens is 523 g/mol. The second kappa shape index (κ2) is 10.0. The third kappa shape index (κ3) is 5.59. The summed E-state index contributed by atoms with van der Waals surface area (Å²) in [5.41, 5.74) is -4.44. The molecule has 4 aromatic rings. The molecule has 0 amide bonds. The quantitative estimate of drug-likeness (QED) is 0.318. The Balaban J connectivity index is 1.66. The van der Waals surface area contributed by atoms with Gasteiger partial charge >= 0.3 is 12.1 Å². The van der Waals surface area contributed by atoms with Gasteiger partial charge in [0, 0.05) is 23.4 Å². The molecule has 4 rings (SSSR count). The Labute approximate surface area is 210 Å². The molecule has 14 heteroatoms. The number of aromatic nitrogens is 5. The lowest BCUT2D eigenvalue weighted by atomic mass is 9.84. The summed E-state index contributed by atoms with van der Waals surface area (Å²) in [6.07, 6.45) is -3.46. The Hall–Kier alpha value is -4.07. The molecule has 2 aromatic heterocycles. The summed E-state index contributed by atoms with van der Waals surface area (Å²) in [5.74, 6) is -6.66. The second-order valence-corrected chi connectivity index (χ2v) is 8.29. The minimum absolute atomic E-state index is 0.0504. The number of aliphatic hydroxyl groups is 1. The average molecular weight is 541 g/mol. The number of tetrazole rings is 1. The number of hydrogen-bond acceptors (Lipinski definition) is 6. The first kappa shape index (κ1) is 27.0. The van der Waals surface area contributed by atoms with Crippen molar-refractivity contribution in [2.45, 2.75) is 31.2 Å². The van der Waals surface area contributed by atoms with E-state index in [4.69, 9.17) is 0 Å². The molecule has 0 aliphatic rings. The minimum Gasteiger partial charge on any atom is -0.484 e. The number of pyridine rings is 1. The number of hydrogen-bond donors (Lipinski definition) is 1. The Morgan fingerprint density at radius 1 is 0.921 bits per heavy atom. The van der Waals surface area contributed by atoms with E-state index in [1.807, 2.05) is 0 Å². The highest BCUT2D eigenvalue weighted by molar-refractivity contribution is 5.63. The van der Waals surface area contributed by atoms with E-state index in [1.54, 1.807) is 0 Å². The zero-order chi connectivity index (χ0) is 27.7. The summed E-state index contributed by atoms with van der Waals surface area (Å²) in [6, 6.07) is 9.26. The maximum Gasteiger partial charge on any atom is 0.422 e. The van der Waals surface area contributed by atoms with Crippen LogP contribution in [0, 0.1) is 18.6 Å². The molecule has 0 fully saturated rings. The molecule has 2 heterocycles. The zero-order valence-corrected chi connectivity index (χ0v) is 19.4. The highest BCUT2D eigenvalue weighted by Gasteiger charge is 2.58. The summed E-state index contributed by atoms with van der Waals surface area (Å²) >= 11 is 0. The fourth-order valence-electron chi connectivity index (χ4n) is 3.64. The second-order valence-electron chi connectivity index (χ2n) is 8.29. The molecule has 0 bridgehead atoms. The molecule has 38 heavy (non-hydrogen) atoms. The lowest BCUT2D eigenvalue weighted by Crippen LogP contribution is -2.48. The Kier molecular flexibility index (Phi) is 7.10. The van der Waals surface area contributed by atoms with Gasteiger partial charge in [-0.2, -0.15) is 26.7 Å². The van der Waals surface area contributed by atoms with Crippen LogP contribution in [-0.4, -0.2) is 43.1 Å². The van der Waals surface area contributed by atoms with Gasteiger partial charge in [0.05, 0.1) is 0 Å². The number of halogens is 7. The first-order chi connectivity index (χ1) is 17.8. The van der Waals surface area contributed by atoms with Gasteiger partial charge in [0.2, 0.25) is 0 Å². The molecular formula is C24H18F7N5O2. The van der Waals surface area contributed by atoms with Gasteiger partial charge in [-0.15, -0.1) is 10.2 Å². The van der Waals surface area contributed by atoms with Crippen molar-refractivity contribution in [2.75, 3.05) is 6.61 Å². The number of benzene rings is 2. The van der Waals surface area contributed by atoms with E-state index < -0.39 is 53.7 Å². The summed E-state index contributed by atoms with van der Waals surface area (Å²) in [7, 11) is 0. The van der Waals surface area contributed by atoms with E-state index >= 15 is 8.78 Å². The number of rotatable bonds is 8. The average Bonchev–Trinajstić information content (AvgIpc) is 3.26. The van der Waals surface area contributed by atoms with Crippen molar-refractivity contribution in [2.24, 2.45) is 0 Å². The Morgan fingerprint density at radius 2 is 1.61 bits per heavy atom. The molecule has 1 atom stereocenters. The first-order valence-corrected chi connectivity index (χ1v) is 10.9. The van der Waals surface area contributed by atoms with Gasteiger partial charge in [-0.3, -0.25) is 4.98 Å². The molecule has 0 aliphatic carbocycles. The van der Waals surface area contributed by atoms with Gasteiger partial charge in [0.15, 0.2) is 18.0 Å². The molecule has 0 spiro atoms. The number of nitrogens with zero attached hydrogens (tertiary/aromatic N) is 5. The molecule has 0 saturated carbocycles. The van der Waals surface area contributed by atoms with E-state index in [1.165, 1.54) is 37.3 Å². The maximum absolute atomic E-state index is 15.9. The van der Waals surface area contributed by atoms with Crippen LogP contribution in [0.1, 0.15) is 17.1 Å². The standard InChI is InChI=1S/C24H18F7N5O2/c1-14-33-35-36(34-14)12-22(37,19-8-5-17(25)10-20(19)26)24(30,31)21-9-4-16(11-32-21)15-2-6-18(7-3-15)38-13-23(27,28)29/h2-11,37H,12-13H2,1H3. The summed E-state index contributed by atoms with van der Waals surface area (Å²) in [5, 5.41) is 22.1. The van der Waals surface area contributed by atoms with Crippen molar-refractivity contribution in [3.8, 4) is 16.9 Å². The van der Waals surface area contributed by atoms with E-state index in [2.05, 4.69) is 25.1 Å². The van der Waals surface area contributed by atoms with Gasteiger partial charge in [0.25, 0.3) is 0 Å². The van der Waals surface area contributed by atoms with Gasteiger partial charge in [-0.1, -0.05) is 18.2 Å². The van der Waals surface area contributed by atoms with E-state index in [-0.39, 0.29) is 11.6 Å². The van der Waals surface area contributed by atoms with Gasteiger partial charge in [-0.25, -0.2) is 8.78 Å². The predicted molar refractivity (Wildman–Crippen MR) is 118 cm³/mol. The molecule has 0 aliphatic heterocycles. The van der Waals surface area contributed by atoms with Gasteiger partial charge in [-0.05, 0) is 48.0 Å². The number of ether oxygens (including phenoxy) is 1. The highest BCUT2D eigenvalue weighted by Crippen LogP contribution is 2.46. The topological polar surface area (TPSA) is 86.0 Å². The molecule has 1 unspecified atom stereocenters. The monoisotopic (exact) mass is 541 g/mol. The van der Waals surface area contributed by atoms with E-state index in [0.29, 0.717) is 28.1 Å². The summed E-state index contributed by atoms with van der Waals surface area (Å²) in [4.78, 5) is 4.41. The Bertz CT molecular complexity index is 1410. The van der Waals surface area contributed by atoms with Gasteiger partial charge < -0.3 is 9.84 Å². The van der Waals surface area contributed by atoms with Crippen LogP contribution in [0.15, 0.2) is 60.8 Å². The van der Waals surface area contributed by atoms with Crippen molar-refractivity contribution >= 4 is 0 Å². The third-order valence-electron chi connectivity index (χ3n) is 5.49. The van der Waals surface area contributed by atoms with Gasteiger partial charge in [0.1, 0.15) is 29.6 Å². The normalized spacial score (nSPS) is 13.8. The van der Waals surface area contributed by atoms with Crippen molar-refractivity contribution in [1.29, 1.82) is 0 Å². The summed E-state index contributed by atoms with van der Waals surface area (Å²) in [6.45, 7) is -1.10. The molecule has 200 valence electrons. The molecule has 7 nitrogen and oxygen atoms in total. The van der Waals surface area contributed by atoms with Crippen LogP contribution in [0.2, 0.25) is 0 Å². The third-order valence-corrected chi connectivity index (χ3v) is 5.49. The Morgan fingerprint density at radius 3 is 2.16 bits per heavy atom. The lowest BCUT2D eigenvalue weighted by molar-refractivity contribution is -0.209. The highest BCUT2D eigenvalue weighted by atomic mass is 19.4. The van der Waals surface area contributed by atoms with Crippen molar-refractivity contribution in [3.63, 3.8) is 0 Å². The molecule has 0 saturated heterocycles. The lowest BCUT2D eigenvalue weighted by Gasteiger charge is -2.35. The predicted octanol–water partition coefficient (Wildman–Crippen LogP) is 4.94. The van der Waals surface area contributed by atoms with Crippen LogP contribution in [-0.2, 0) is 18.1 Å². The van der Waals surface area contributed by atoms with Crippen molar-refractivity contribution in [1.82, 2.24) is 25.2 Å². The fourth-order valence-corrected chi connectivity index (χ4v) is 3.64. The number of aryl methyl sites for hydroxylation is 1. The van der Waals surface area contributed by atoms with Crippen LogP contribution in [0.5, 0.6) is 5.75 Å². The van der Waals surface area contributed by atoms with E-state index in [0.717, 1.165) is 18.3 Å².